The van der Waals surface area contributed by atoms with Gasteiger partial charge in [-0.05, 0) is 189 Å². The summed E-state index contributed by atoms with van der Waals surface area (Å²) in [6.07, 6.45) is 0. The van der Waals surface area contributed by atoms with Crippen LogP contribution in [0.1, 0.15) is 66.8 Å². The van der Waals surface area contributed by atoms with Crippen molar-refractivity contribution in [3.8, 4) is 61.3 Å². The fourth-order valence-electron chi connectivity index (χ4n) is 19.2. The van der Waals surface area contributed by atoms with Crippen molar-refractivity contribution in [3.63, 3.8) is 0 Å². The van der Waals surface area contributed by atoms with Crippen LogP contribution in [0.3, 0.4) is 0 Å². The number of rotatable bonds is 11. The largest absolute Gasteiger partial charge is 0.356 e. The van der Waals surface area contributed by atoms with E-state index >= 15 is 0 Å². The number of anilines is 5. The first-order chi connectivity index (χ1) is 53.6. The van der Waals surface area contributed by atoms with Gasteiger partial charge < -0.3 is 14.8 Å². The van der Waals surface area contributed by atoms with Crippen molar-refractivity contribution in [2.75, 3.05) is 10.2 Å². The van der Waals surface area contributed by atoms with E-state index < -0.39 is 10.8 Å². The summed E-state index contributed by atoms with van der Waals surface area (Å²) in [6.45, 7) is 0. The van der Waals surface area contributed by atoms with E-state index in [1.54, 1.807) is 0 Å². The molecule has 0 fully saturated rings. The molecule has 3 aliphatic carbocycles. The van der Waals surface area contributed by atoms with Crippen molar-refractivity contribution in [1.82, 2.24) is 4.57 Å². The van der Waals surface area contributed by atoms with E-state index in [9.17, 15) is 0 Å². The standard InChI is InChI=1S/C68H44N2.C37H27N/c1-4-19-45(20-5-1)46-35-37-49(38-36-46)69(50-39-41-55-54-27-10-14-30-58(54)67(63(55)43-50,47-21-6-2-7-22-47)48-23-8-3-9-24-48)51-40-42-61-65(44-51)70-64-34-17-13-28-56(64)57-29-18-33-62(66(57)70)68(61)59-31-15-11-25-52(59)53-26-12-16-32-60(53)68;1-4-12-27(13-5-1)28-20-22-31(23-21-28)38-32-24-25-34-33-18-10-11-19-35(33)37(36(34)26-32,29-14-6-2-7-15-29)30-16-8-3-9-17-30/h1-44H;1-26,38H. The molecule has 4 aliphatic rings. The molecule has 22 rings (SSSR count). The highest BCUT2D eigenvalue weighted by Crippen LogP contribution is 2.63. The van der Waals surface area contributed by atoms with Gasteiger partial charge in [0, 0.05) is 39.2 Å². The van der Waals surface area contributed by atoms with E-state index in [-0.39, 0.29) is 5.41 Å². The zero-order valence-electron chi connectivity index (χ0n) is 59.3. The maximum atomic E-state index is 3.68. The highest BCUT2D eigenvalue weighted by atomic mass is 15.1. The summed E-state index contributed by atoms with van der Waals surface area (Å²) in [5, 5.41) is 6.21. The van der Waals surface area contributed by atoms with Crippen LogP contribution in [0.2, 0.25) is 0 Å². The van der Waals surface area contributed by atoms with Gasteiger partial charge in [-0.15, -0.1) is 0 Å². The van der Waals surface area contributed by atoms with Gasteiger partial charge in [0.05, 0.1) is 33.0 Å². The first kappa shape index (κ1) is 62.7. The van der Waals surface area contributed by atoms with Crippen molar-refractivity contribution in [2.45, 2.75) is 16.2 Å². The van der Waals surface area contributed by atoms with Crippen LogP contribution in [0.25, 0.3) is 83.1 Å². The lowest BCUT2D eigenvalue weighted by Gasteiger charge is -2.40. The minimum atomic E-state index is -0.543. The van der Waals surface area contributed by atoms with Gasteiger partial charge in [-0.3, -0.25) is 0 Å². The van der Waals surface area contributed by atoms with Gasteiger partial charge >= 0.3 is 0 Å². The number of hydrogen-bond donors (Lipinski definition) is 1. The van der Waals surface area contributed by atoms with Gasteiger partial charge in [0.15, 0.2) is 0 Å². The second kappa shape index (κ2) is 25.2. The lowest BCUT2D eigenvalue weighted by molar-refractivity contribution is 0.748. The molecule has 1 N–H and O–H groups in total. The predicted molar refractivity (Wildman–Crippen MR) is 448 cm³/mol. The van der Waals surface area contributed by atoms with Crippen LogP contribution in [-0.4, -0.2) is 4.57 Å². The molecule has 0 unspecified atom stereocenters. The third-order valence-corrected chi connectivity index (χ3v) is 23.6. The molecule has 0 bridgehead atoms. The SMILES string of the molecule is c1ccc(-c2ccc(N(c3ccc4c(c3)-n3c5ccccc5c5cccc(c53)C43c4ccccc4-c4ccccc43)c3ccc4c(c3)C(c3ccccc3)(c3ccccc3)c3ccccc3-4)cc2)cc1.c1ccc(-c2ccc(Nc3ccc4c(c3)C(c3ccccc3)(c3ccccc3)c3ccccc3-4)cc2)cc1. The number of fused-ring (bicyclic) bond motifs is 18. The molecular weight excluding hydrogens is 1300 g/mol. The van der Waals surface area contributed by atoms with E-state index in [1.807, 2.05) is 0 Å². The van der Waals surface area contributed by atoms with Crippen LogP contribution < -0.4 is 10.2 Å². The summed E-state index contributed by atoms with van der Waals surface area (Å²) in [5.41, 5.74) is 35.7. The third kappa shape index (κ3) is 9.35. The monoisotopic (exact) mass is 1370 g/mol. The van der Waals surface area contributed by atoms with E-state index in [2.05, 4.69) is 439 Å². The van der Waals surface area contributed by atoms with Gasteiger partial charge in [0.25, 0.3) is 0 Å². The molecule has 1 spiro atoms. The van der Waals surface area contributed by atoms with Crippen LogP contribution in [0, 0.1) is 0 Å². The molecule has 3 nitrogen and oxygen atoms in total. The van der Waals surface area contributed by atoms with Gasteiger partial charge in [-0.25, -0.2) is 0 Å². The molecule has 0 radical (unpaired) electrons. The zero-order chi connectivity index (χ0) is 71.3. The molecule has 2 heterocycles. The fourth-order valence-corrected chi connectivity index (χ4v) is 19.2. The van der Waals surface area contributed by atoms with E-state index in [0.717, 1.165) is 28.4 Å². The van der Waals surface area contributed by atoms with Crippen LogP contribution >= 0.6 is 0 Å². The first-order valence-electron chi connectivity index (χ1n) is 37.5. The Morgan fingerprint density at radius 1 is 0.213 bits per heavy atom. The smallest absolute Gasteiger partial charge is 0.0754 e. The topological polar surface area (TPSA) is 20.2 Å². The van der Waals surface area contributed by atoms with Gasteiger partial charge in [-0.1, -0.05) is 358 Å². The summed E-state index contributed by atoms with van der Waals surface area (Å²) in [6, 6.07) is 157. The Hall–Kier alpha value is -13.9. The zero-order valence-corrected chi connectivity index (χ0v) is 59.3. The Bertz CT molecular complexity index is 6360. The molecule has 1 aliphatic heterocycles. The second-order valence-corrected chi connectivity index (χ2v) is 29.0. The van der Waals surface area contributed by atoms with E-state index in [0.29, 0.717) is 0 Å². The van der Waals surface area contributed by atoms with Crippen molar-refractivity contribution >= 4 is 50.2 Å². The maximum Gasteiger partial charge on any atom is 0.0754 e. The number of aromatic nitrogens is 1. The Balaban J connectivity index is 0.000000165. The molecule has 0 saturated carbocycles. The maximum absolute atomic E-state index is 3.68. The molecule has 17 aromatic carbocycles. The van der Waals surface area contributed by atoms with Gasteiger partial charge in [0.1, 0.15) is 0 Å². The number of para-hydroxylation sites is 2. The Morgan fingerprint density at radius 3 is 1.07 bits per heavy atom. The highest BCUT2D eigenvalue weighted by Gasteiger charge is 2.52. The summed E-state index contributed by atoms with van der Waals surface area (Å²) in [7, 11) is 0. The molecule has 506 valence electrons. The Labute approximate surface area is 629 Å². The van der Waals surface area contributed by atoms with Crippen LogP contribution in [0.4, 0.5) is 28.4 Å². The van der Waals surface area contributed by atoms with Gasteiger partial charge in [0.2, 0.25) is 0 Å². The van der Waals surface area contributed by atoms with Crippen LogP contribution in [-0.2, 0) is 16.2 Å². The third-order valence-electron chi connectivity index (χ3n) is 23.6. The lowest BCUT2D eigenvalue weighted by Crippen LogP contribution is -2.33. The Kier molecular flexibility index (Phi) is 14.6. The predicted octanol–water partition coefficient (Wildman–Crippen LogP) is 26.4. The molecule has 0 amide bonds. The minimum absolute atomic E-state index is 0.386. The molecular formula is C105H71N3. The normalized spacial score (nSPS) is 13.6. The van der Waals surface area contributed by atoms with E-state index in [1.165, 1.54) is 150 Å². The molecule has 18 aromatic rings. The van der Waals surface area contributed by atoms with E-state index in [4.69, 9.17) is 0 Å². The minimum Gasteiger partial charge on any atom is -0.356 e. The number of benzene rings is 17. The van der Waals surface area contributed by atoms with Crippen molar-refractivity contribution in [2.24, 2.45) is 0 Å². The quantitative estimate of drug-likeness (QED) is 0.139. The summed E-state index contributed by atoms with van der Waals surface area (Å²) in [4.78, 5) is 2.49. The Morgan fingerprint density at radius 2 is 0.565 bits per heavy atom. The van der Waals surface area contributed by atoms with Crippen LogP contribution in [0.15, 0.2) is 425 Å². The number of hydrogen-bond acceptors (Lipinski definition) is 2. The van der Waals surface area contributed by atoms with Crippen LogP contribution in [0.5, 0.6) is 0 Å². The summed E-state index contributed by atoms with van der Waals surface area (Å²) in [5.74, 6) is 0. The average molecular weight is 1370 g/mol. The number of nitrogens with zero attached hydrogens (tertiary/aromatic N) is 2. The lowest BCUT2D eigenvalue weighted by atomic mass is 9.65. The summed E-state index contributed by atoms with van der Waals surface area (Å²) >= 11 is 0. The van der Waals surface area contributed by atoms with Crippen molar-refractivity contribution in [1.29, 1.82) is 0 Å². The number of nitrogens with one attached hydrogen (secondary N) is 1. The average Bonchev–Trinajstić information content (AvgIpc) is 1.48. The fraction of sp³-hybridized carbons (Fsp3) is 0.0286. The van der Waals surface area contributed by atoms with Crippen molar-refractivity contribution in [3.05, 3.63) is 491 Å². The van der Waals surface area contributed by atoms with Crippen molar-refractivity contribution < 1.29 is 0 Å². The molecule has 1 aromatic heterocycles. The molecule has 108 heavy (non-hydrogen) atoms. The molecule has 3 heteroatoms. The molecule has 0 atom stereocenters. The first-order valence-corrected chi connectivity index (χ1v) is 37.5. The molecule has 0 saturated heterocycles. The van der Waals surface area contributed by atoms with Gasteiger partial charge in [-0.2, -0.15) is 0 Å². The highest BCUT2D eigenvalue weighted by molar-refractivity contribution is 6.13. The summed E-state index contributed by atoms with van der Waals surface area (Å²) < 4.78 is 2.57. The second-order valence-electron chi connectivity index (χ2n) is 29.0.